The maximum atomic E-state index is 12.2. The summed E-state index contributed by atoms with van der Waals surface area (Å²) < 4.78 is 22.3. The zero-order valence-corrected chi connectivity index (χ0v) is 14.0. The minimum absolute atomic E-state index is 0.0525. The van der Waals surface area contributed by atoms with E-state index in [1.165, 1.54) is 0 Å². The fourth-order valence-electron chi connectivity index (χ4n) is 2.07. The Morgan fingerprint density at radius 2 is 1.91 bits per heavy atom. The molecule has 0 radical (unpaired) electrons. The lowest BCUT2D eigenvalue weighted by atomic mass is 10.2. The van der Waals surface area contributed by atoms with Crippen LogP contribution in [-0.4, -0.2) is 43.3 Å². The normalized spacial score (nSPS) is 18.7. The molecule has 1 aromatic rings. The van der Waals surface area contributed by atoms with E-state index in [4.69, 9.17) is 23.2 Å². The molecule has 3 amide bonds. The van der Waals surface area contributed by atoms with Gasteiger partial charge in [0.25, 0.3) is 5.91 Å². The first kappa shape index (κ1) is 17.1. The molecule has 0 aliphatic carbocycles. The highest BCUT2D eigenvalue weighted by Gasteiger charge is 2.38. The summed E-state index contributed by atoms with van der Waals surface area (Å²) in [6.07, 6.45) is 1.14. The van der Waals surface area contributed by atoms with Crippen LogP contribution in [0.15, 0.2) is 18.2 Å². The molecule has 0 bridgehead atoms. The number of carbonyl (C=O) groups is 2. The topological polar surface area (TPSA) is 83.6 Å². The van der Waals surface area contributed by atoms with E-state index in [1.807, 2.05) is 0 Å². The second kappa shape index (κ2) is 6.44. The van der Waals surface area contributed by atoms with E-state index in [0.717, 1.165) is 11.2 Å². The summed E-state index contributed by atoms with van der Waals surface area (Å²) in [5, 5.41) is 3.20. The summed E-state index contributed by atoms with van der Waals surface area (Å²) in [5.41, 5.74) is 0.654. The second-order valence-corrected chi connectivity index (χ2v) is 8.17. The molecule has 1 N–H and O–H groups in total. The molecule has 0 unspecified atom stereocenters. The lowest BCUT2D eigenvalue weighted by Gasteiger charge is -2.13. The number of halogens is 2. The highest BCUT2D eigenvalue weighted by atomic mass is 35.5. The zero-order chi connectivity index (χ0) is 16.5. The van der Waals surface area contributed by atoms with Crippen LogP contribution < -0.4 is 5.32 Å². The number of nitrogens with zero attached hydrogens (tertiary/aromatic N) is 1. The molecule has 120 valence electrons. The van der Waals surface area contributed by atoms with Gasteiger partial charge in [-0.25, -0.2) is 13.2 Å². The summed E-state index contributed by atoms with van der Waals surface area (Å²) in [7, 11) is -3.19. The highest BCUT2D eigenvalue weighted by molar-refractivity contribution is 7.90. The van der Waals surface area contributed by atoms with Crippen molar-refractivity contribution in [3.05, 3.63) is 33.8 Å². The average Bonchev–Trinajstić information content (AvgIpc) is 2.67. The van der Waals surface area contributed by atoms with Gasteiger partial charge in [-0.15, -0.1) is 0 Å². The summed E-state index contributed by atoms with van der Waals surface area (Å²) in [6.45, 7) is 0.0525. The minimum Gasteiger partial charge on any atom is -0.326 e. The number of nitrogens with one attached hydrogen (secondary N) is 1. The van der Waals surface area contributed by atoms with Crippen molar-refractivity contribution in [1.29, 1.82) is 0 Å². The van der Waals surface area contributed by atoms with E-state index in [2.05, 4.69) is 5.32 Å². The first-order valence-electron chi connectivity index (χ1n) is 6.41. The van der Waals surface area contributed by atoms with E-state index in [9.17, 15) is 18.0 Å². The number of amides is 3. The molecule has 6 nitrogen and oxygen atoms in total. The number of benzene rings is 1. The summed E-state index contributed by atoms with van der Waals surface area (Å²) in [4.78, 5) is 25.1. The molecular formula is C13H14Cl2N2O4S. The molecule has 0 saturated carbocycles. The largest absolute Gasteiger partial charge is 0.326 e. The Balaban J connectivity index is 2.07. The fraction of sp³-hybridized carbons (Fsp3) is 0.385. The third kappa shape index (κ3) is 4.12. The molecule has 9 heteroatoms. The average molecular weight is 365 g/mol. The van der Waals surface area contributed by atoms with Gasteiger partial charge >= 0.3 is 6.03 Å². The van der Waals surface area contributed by atoms with Gasteiger partial charge in [-0.2, -0.15) is 0 Å². The van der Waals surface area contributed by atoms with Gasteiger partial charge in [-0.05, 0) is 24.1 Å². The third-order valence-electron chi connectivity index (χ3n) is 3.21. The van der Waals surface area contributed by atoms with Crippen LogP contribution in [-0.2, 0) is 21.2 Å². The molecule has 1 aliphatic rings. The number of sulfone groups is 1. The van der Waals surface area contributed by atoms with Crippen LogP contribution in [0.5, 0.6) is 0 Å². The van der Waals surface area contributed by atoms with Crippen LogP contribution in [0.25, 0.3) is 0 Å². The SMILES string of the molecule is CS(=O)(=O)CC[C@@H]1NC(=O)N(Cc2ccc(Cl)c(Cl)c2)C1=O. The van der Waals surface area contributed by atoms with Crippen LogP contribution in [0.4, 0.5) is 4.79 Å². The maximum absolute atomic E-state index is 12.2. The van der Waals surface area contributed by atoms with E-state index >= 15 is 0 Å². The van der Waals surface area contributed by atoms with Gasteiger partial charge in [0.1, 0.15) is 15.9 Å². The van der Waals surface area contributed by atoms with E-state index < -0.39 is 27.8 Å². The van der Waals surface area contributed by atoms with Crippen molar-refractivity contribution in [2.24, 2.45) is 0 Å². The quantitative estimate of drug-likeness (QED) is 0.808. The Morgan fingerprint density at radius 1 is 1.23 bits per heavy atom. The van der Waals surface area contributed by atoms with Crippen LogP contribution >= 0.6 is 23.2 Å². The molecule has 0 spiro atoms. The molecular weight excluding hydrogens is 351 g/mol. The molecule has 1 fully saturated rings. The van der Waals surface area contributed by atoms with Gasteiger partial charge in [-0.1, -0.05) is 29.3 Å². The van der Waals surface area contributed by atoms with Crippen molar-refractivity contribution in [1.82, 2.24) is 10.2 Å². The Morgan fingerprint density at radius 3 is 2.50 bits per heavy atom. The van der Waals surface area contributed by atoms with Gasteiger partial charge in [0.05, 0.1) is 22.3 Å². The Kier molecular flexibility index (Phi) is 4.99. The number of urea groups is 1. The lowest BCUT2D eigenvalue weighted by molar-refractivity contribution is -0.127. The molecule has 1 atom stereocenters. The summed E-state index contributed by atoms with van der Waals surface area (Å²) in [5.74, 6) is -0.607. The number of hydrogen-bond acceptors (Lipinski definition) is 4. The Labute approximate surface area is 138 Å². The number of carbonyl (C=O) groups excluding carboxylic acids is 2. The van der Waals surface area contributed by atoms with Gasteiger partial charge in [0.15, 0.2) is 0 Å². The standard InChI is InChI=1S/C13H14Cl2N2O4S/c1-22(20,21)5-4-11-12(18)17(13(19)16-11)7-8-2-3-9(14)10(15)6-8/h2-3,6,11H,4-5,7H2,1H3,(H,16,19)/t11-/m0/s1. The molecule has 2 rings (SSSR count). The zero-order valence-electron chi connectivity index (χ0n) is 11.7. The second-order valence-electron chi connectivity index (χ2n) is 5.09. The van der Waals surface area contributed by atoms with Crippen LogP contribution in [0.1, 0.15) is 12.0 Å². The number of imide groups is 1. The highest BCUT2D eigenvalue weighted by Crippen LogP contribution is 2.24. The van der Waals surface area contributed by atoms with Crippen molar-refractivity contribution in [2.75, 3.05) is 12.0 Å². The number of rotatable bonds is 5. The molecule has 1 aromatic carbocycles. The maximum Gasteiger partial charge on any atom is 0.325 e. The van der Waals surface area contributed by atoms with E-state index in [-0.39, 0.29) is 18.7 Å². The van der Waals surface area contributed by atoms with Crippen molar-refractivity contribution >= 4 is 45.0 Å². The van der Waals surface area contributed by atoms with Crippen molar-refractivity contribution in [3.8, 4) is 0 Å². The van der Waals surface area contributed by atoms with Gasteiger partial charge in [-0.3, -0.25) is 9.69 Å². The monoisotopic (exact) mass is 364 g/mol. The van der Waals surface area contributed by atoms with Crippen LogP contribution in [0.3, 0.4) is 0 Å². The van der Waals surface area contributed by atoms with Crippen LogP contribution in [0, 0.1) is 0 Å². The molecule has 1 heterocycles. The molecule has 1 aliphatic heterocycles. The first-order valence-corrected chi connectivity index (χ1v) is 9.22. The van der Waals surface area contributed by atoms with Crippen molar-refractivity contribution in [3.63, 3.8) is 0 Å². The molecule has 1 saturated heterocycles. The Hall–Kier alpha value is -1.31. The van der Waals surface area contributed by atoms with E-state index in [1.54, 1.807) is 18.2 Å². The predicted octanol–water partition coefficient (Wildman–Crippen LogP) is 1.85. The van der Waals surface area contributed by atoms with Gasteiger partial charge < -0.3 is 5.32 Å². The van der Waals surface area contributed by atoms with E-state index in [0.29, 0.717) is 15.6 Å². The summed E-state index contributed by atoms with van der Waals surface area (Å²) >= 11 is 11.7. The fourth-order valence-corrected chi connectivity index (χ4v) is 3.06. The van der Waals surface area contributed by atoms with Crippen LogP contribution in [0.2, 0.25) is 10.0 Å². The predicted molar refractivity (Wildman–Crippen MR) is 83.7 cm³/mol. The van der Waals surface area contributed by atoms with Gasteiger partial charge in [0, 0.05) is 6.26 Å². The smallest absolute Gasteiger partial charge is 0.325 e. The minimum atomic E-state index is -3.19. The molecule has 0 aromatic heterocycles. The summed E-state index contributed by atoms with van der Waals surface area (Å²) in [6, 6.07) is 3.46. The van der Waals surface area contributed by atoms with Gasteiger partial charge in [0.2, 0.25) is 0 Å². The third-order valence-corrected chi connectivity index (χ3v) is 4.93. The van der Waals surface area contributed by atoms with Crippen molar-refractivity contribution < 1.29 is 18.0 Å². The van der Waals surface area contributed by atoms with Crippen molar-refractivity contribution in [2.45, 2.75) is 19.0 Å². The molecule has 22 heavy (non-hydrogen) atoms. The number of hydrogen-bond donors (Lipinski definition) is 1. The first-order chi connectivity index (χ1) is 10.2. The Bertz CT molecular complexity index is 721. The lowest BCUT2D eigenvalue weighted by Crippen LogP contribution is -2.32.